The number of aryl methyl sites for hydroxylation is 1. The predicted molar refractivity (Wildman–Crippen MR) is 43.1 cm³/mol. The molecule has 2 rings (SSSR count). The Morgan fingerprint density at radius 1 is 1.73 bits per heavy atom. The summed E-state index contributed by atoms with van der Waals surface area (Å²) < 4.78 is 2.26. The van der Waals surface area contributed by atoms with Gasteiger partial charge >= 0.3 is 0 Å². The minimum Gasteiger partial charge on any atom is -0.328 e. The van der Waals surface area contributed by atoms with Gasteiger partial charge in [-0.15, -0.1) is 0 Å². The molecule has 0 spiro atoms. The quantitative estimate of drug-likeness (QED) is 0.684. The van der Waals surface area contributed by atoms with Crippen molar-refractivity contribution in [1.29, 1.82) is 0 Å². The van der Waals surface area contributed by atoms with Gasteiger partial charge in [-0.25, -0.2) is 4.98 Å². The van der Waals surface area contributed by atoms with Gasteiger partial charge in [-0.1, -0.05) is 0 Å². The highest BCUT2D eigenvalue weighted by molar-refractivity contribution is 5.08. The molecule has 1 aliphatic rings. The second kappa shape index (κ2) is 2.34. The van der Waals surface area contributed by atoms with E-state index in [2.05, 4.69) is 9.55 Å². The number of nitrogens with zero attached hydrogens (tertiary/aromatic N) is 2. The molecule has 0 aromatic carbocycles. The maximum absolute atomic E-state index is 5.57. The second-order valence-electron chi connectivity index (χ2n) is 3.10. The van der Waals surface area contributed by atoms with Crippen LogP contribution in [0.3, 0.4) is 0 Å². The Hall–Kier alpha value is -0.830. The van der Waals surface area contributed by atoms with Gasteiger partial charge in [0.25, 0.3) is 0 Å². The van der Waals surface area contributed by atoms with Crippen LogP contribution >= 0.6 is 0 Å². The van der Waals surface area contributed by atoms with E-state index in [1.165, 1.54) is 18.5 Å². The summed E-state index contributed by atoms with van der Waals surface area (Å²) in [6.07, 6.45) is 4.47. The fraction of sp³-hybridized carbons (Fsp3) is 0.625. The lowest BCUT2D eigenvalue weighted by Crippen LogP contribution is -2.06. The number of hydrogen-bond donors (Lipinski definition) is 1. The molecule has 1 fully saturated rings. The molecular weight excluding hydrogens is 138 g/mol. The van der Waals surface area contributed by atoms with Crippen LogP contribution < -0.4 is 5.73 Å². The number of nitrogens with two attached hydrogens (primary N) is 1. The summed E-state index contributed by atoms with van der Waals surface area (Å²) in [6, 6.07) is 0.705. The van der Waals surface area contributed by atoms with Crippen molar-refractivity contribution >= 4 is 0 Å². The first-order valence-corrected chi connectivity index (χ1v) is 4.05. The highest BCUT2D eigenvalue weighted by atomic mass is 15.1. The number of imidazole rings is 1. The lowest BCUT2D eigenvalue weighted by atomic mass is 10.4. The zero-order valence-electron chi connectivity index (χ0n) is 6.75. The standard InChI is InChI=1S/C8H13N3/c1-6-10-5-8(4-9)11(6)7-2-3-7/h5,7H,2-4,9H2,1H3. The highest BCUT2D eigenvalue weighted by Gasteiger charge is 2.26. The maximum Gasteiger partial charge on any atom is 0.106 e. The second-order valence-corrected chi connectivity index (χ2v) is 3.10. The van der Waals surface area contributed by atoms with E-state index in [0.717, 1.165) is 5.82 Å². The van der Waals surface area contributed by atoms with Gasteiger partial charge in [0.1, 0.15) is 5.82 Å². The first kappa shape index (κ1) is 6.85. The smallest absolute Gasteiger partial charge is 0.106 e. The fourth-order valence-electron chi connectivity index (χ4n) is 1.48. The number of rotatable bonds is 2. The van der Waals surface area contributed by atoms with Crippen molar-refractivity contribution in [2.24, 2.45) is 5.73 Å². The molecule has 1 aliphatic carbocycles. The minimum absolute atomic E-state index is 0.608. The monoisotopic (exact) mass is 151 g/mol. The van der Waals surface area contributed by atoms with Crippen LogP contribution in [-0.4, -0.2) is 9.55 Å². The van der Waals surface area contributed by atoms with Crippen LogP contribution in [0.4, 0.5) is 0 Å². The van der Waals surface area contributed by atoms with Gasteiger partial charge in [0.15, 0.2) is 0 Å². The summed E-state index contributed by atoms with van der Waals surface area (Å²) in [6.45, 7) is 2.65. The van der Waals surface area contributed by atoms with Crippen molar-refractivity contribution in [3.63, 3.8) is 0 Å². The Morgan fingerprint density at radius 2 is 2.45 bits per heavy atom. The highest BCUT2D eigenvalue weighted by Crippen LogP contribution is 2.36. The van der Waals surface area contributed by atoms with Gasteiger partial charge in [-0.05, 0) is 19.8 Å². The Labute approximate surface area is 66.2 Å². The predicted octanol–water partition coefficient (Wildman–Crippen LogP) is 0.985. The summed E-state index contributed by atoms with van der Waals surface area (Å²) in [5.41, 5.74) is 6.74. The zero-order valence-corrected chi connectivity index (χ0v) is 6.75. The number of hydrogen-bond acceptors (Lipinski definition) is 2. The summed E-state index contributed by atoms with van der Waals surface area (Å²) in [5.74, 6) is 1.10. The molecule has 3 heteroatoms. The molecule has 0 radical (unpaired) electrons. The first-order valence-electron chi connectivity index (χ1n) is 4.05. The van der Waals surface area contributed by atoms with Crippen LogP contribution in [0.15, 0.2) is 6.20 Å². The van der Waals surface area contributed by atoms with E-state index >= 15 is 0 Å². The van der Waals surface area contributed by atoms with E-state index < -0.39 is 0 Å². The molecule has 60 valence electrons. The third kappa shape index (κ3) is 1.05. The summed E-state index contributed by atoms with van der Waals surface area (Å²) in [4.78, 5) is 4.23. The molecule has 0 amide bonds. The van der Waals surface area contributed by atoms with Crippen molar-refractivity contribution in [3.05, 3.63) is 17.7 Å². The van der Waals surface area contributed by atoms with E-state index in [-0.39, 0.29) is 0 Å². The number of aromatic nitrogens is 2. The molecule has 0 atom stereocenters. The lowest BCUT2D eigenvalue weighted by molar-refractivity contribution is 0.670. The van der Waals surface area contributed by atoms with Crippen molar-refractivity contribution in [3.8, 4) is 0 Å². The molecule has 11 heavy (non-hydrogen) atoms. The van der Waals surface area contributed by atoms with Crippen LogP contribution in [0.2, 0.25) is 0 Å². The summed E-state index contributed by atoms with van der Waals surface area (Å²) >= 11 is 0. The van der Waals surface area contributed by atoms with Crippen LogP contribution in [0.5, 0.6) is 0 Å². The van der Waals surface area contributed by atoms with Crippen LogP contribution in [0.1, 0.15) is 30.4 Å². The Morgan fingerprint density at radius 3 is 3.00 bits per heavy atom. The molecule has 0 unspecified atom stereocenters. The maximum atomic E-state index is 5.57. The average Bonchev–Trinajstić information content (AvgIpc) is 2.76. The van der Waals surface area contributed by atoms with Crippen LogP contribution in [-0.2, 0) is 6.54 Å². The van der Waals surface area contributed by atoms with Gasteiger partial charge in [0, 0.05) is 18.8 Å². The van der Waals surface area contributed by atoms with Gasteiger partial charge in [0.05, 0.1) is 5.69 Å². The molecule has 0 bridgehead atoms. The molecule has 2 N–H and O–H groups in total. The summed E-state index contributed by atoms with van der Waals surface area (Å²) in [5, 5.41) is 0. The van der Waals surface area contributed by atoms with E-state index in [9.17, 15) is 0 Å². The Bertz CT molecular complexity index is 260. The molecule has 0 aliphatic heterocycles. The molecule has 1 saturated carbocycles. The molecule has 1 heterocycles. The van der Waals surface area contributed by atoms with E-state index in [0.29, 0.717) is 12.6 Å². The molecule has 1 aromatic heterocycles. The van der Waals surface area contributed by atoms with Crippen molar-refractivity contribution in [2.75, 3.05) is 0 Å². The van der Waals surface area contributed by atoms with E-state index in [1.54, 1.807) is 0 Å². The van der Waals surface area contributed by atoms with Crippen molar-refractivity contribution in [1.82, 2.24) is 9.55 Å². The van der Waals surface area contributed by atoms with Crippen LogP contribution in [0, 0.1) is 6.92 Å². The molecule has 1 aromatic rings. The molecule has 0 saturated heterocycles. The first-order chi connectivity index (χ1) is 5.33. The molecular formula is C8H13N3. The van der Waals surface area contributed by atoms with E-state index in [1.807, 2.05) is 13.1 Å². The topological polar surface area (TPSA) is 43.8 Å². The van der Waals surface area contributed by atoms with Crippen LogP contribution in [0.25, 0.3) is 0 Å². The van der Waals surface area contributed by atoms with Crippen molar-refractivity contribution in [2.45, 2.75) is 32.4 Å². The lowest BCUT2D eigenvalue weighted by Gasteiger charge is -2.05. The third-order valence-electron chi connectivity index (χ3n) is 2.18. The SMILES string of the molecule is Cc1ncc(CN)n1C1CC1. The fourth-order valence-corrected chi connectivity index (χ4v) is 1.48. The Kier molecular flexibility index (Phi) is 1.46. The van der Waals surface area contributed by atoms with Gasteiger partial charge in [-0.2, -0.15) is 0 Å². The largest absolute Gasteiger partial charge is 0.328 e. The van der Waals surface area contributed by atoms with Gasteiger partial charge in [0.2, 0.25) is 0 Å². The van der Waals surface area contributed by atoms with Gasteiger partial charge in [-0.3, -0.25) is 0 Å². The summed E-state index contributed by atoms with van der Waals surface area (Å²) in [7, 11) is 0. The zero-order chi connectivity index (χ0) is 7.84. The van der Waals surface area contributed by atoms with E-state index in [4.69, 9.17) is 5.73 Å². The molecule has 3 nitrogen and oxygen atoms in total. The third-order valence-corrected chi connectivity index (χ3v) is 2.18. The average molecular weight is 151 g/mol. The van der Waals surface area contributed by atoms with Crippen molar-refractivity contribution < 1.29 is 0 Å². The normalized spacial score (nSPS) is 17.3. The Balaban J connectivity index is 2.38. The minimum atomic E-state index is 0.608. The van der Waals surface area contributed by atoms with Gasteiger partial charge < -0.3 is 10.3 Å².